The molecule has 0 saturated carbocycles. The van der Waals surface area contributed by atoms with Gasteiger partial charge in [-0.3, -0.25) is 14.4 Å². The largest absolute Gasteiger partial charge is 0.350 e. The maximum Gasteiger partial charge on any atom is 0.283 e. The maximum atomic E-state index is 13.8. The third-order valence-electron chi connectivity index (χ3n) is 5.03. The lowest BCUT2D eigenvalue weighted by Crippen LogP contribution is -2.32. The fraction of sp³-hybridized carbons (Fsp3) is 0.0800. The summed E-state index contributed by atoms with van der Waals surface area (Å²) >= 11 is 6.19. The van der Waals surface area contributed by atoms with Crippen LogP contribution in [0.25, 0.3) is 0 Å². The number of aryl methyl sites for hydroxylation is 2. The summed E-state index contributed by atoms with van der Waals surface area (Å²) in [6.07, 6.45) is 0. The molecule has 166 valence electrons. The van der Waals surface area contributed by atoms with Gasteiger partial charge in [-0.15, -0.1) is 0 Å². The van der Waals surface area contributed by atoms with Crippen LogP contribution in [-0.4, -0.2) is 17.7 Å². The van der Waals surface area contributed by atoms with Crippen LogP contribution in [0.2, 0.25) is 0 Å². The van der Waals surface area contributed by atoms with Crippen molar-refractivity contribution in [3.05, 3.63) is 100.0 Å². The number of rotatable bonds is 5. The predicted molar refractivity (Wildman–Crippen MR) is 126 cm³/mol. The zero-order valence-corrected chi connectivity index (χ0v) is 18.5. The first-order chi connectivity index (χ1) is 15.7. The van der Waals surface area contributed by atoms with Gasteiger partial charge in [-0.2, -0.15) is 0 Å². The molecule has 0 fully saturated rings. The van der Waals surface area contributed by atoms with Crippen LogP contribution < -0.4 is 15.5 Å². The lowest BCUT2D eigenvalue weighted by atomic mass is 10.1. The molecule has 0 bridgehead atoms. The van der Waals surface area contributed by atoms with E-state index in [1.54, 1.807) is 30.3 Å². The molecule has 0 unspecified atom stereocenters. The quantitative estimate of drug-likeness (QED) is 0.514. The number of nitrogens with zero attached hydrogens (tertiary/aromatic N) is 1. The van der Waals surface area contributed by atoms with Crippen LogP contribution in [0.4, 0.5) is 21.5 Å². The Kier molecular flexibility index (Phi) is 5.98. The van der Waals surface area contributed by atoms with Crippen molar-refractivity contribution in [1.82, 2.24) is 0 Å². The topological polar surface area (TPSA) is 78.5 Å². The van der Waals surface area contributed by atoms with Crippen LogP contribution in [0.3, 0.4) is 0 Å². The predicted octanol–water partition coefficient (Wildman–Crippen LogP) is 5.13. The van der Waals surface area contributed by atoms with Crippen LogP contribution in [0.15, 0.2) is 77.5 Å². The summed E-state index contributed by atoms with van der Waals surface area (Å²) < 4.78 is 13.8. The van der Waals surface area contributed by atoms with Crippen molar-refractivity contribution in [2.24, 2.45) is 0 Å². The molecule has 0 aliphatic carbocycles. The summed E-state index contributed by atoms with van der Waals surface area (Å²) in [7, 11) is 0. The van der Waals surface area contributed by atoms with Crippen molar-refractivity contribution in [1.29, 1.82) is 0 Å². The molecular weight excluding hydrogens is 445 g/mol. The number of hydrogen-bond donors (Lipinski definition) is 2. The van der Waals surface area contributed by atoms with E-state index in [9.17, 15) is 18.8 Å². The zero-order valence-electron chi connectivity index (χ0n) is 17.8. The summed E-state index contributed by atoms with van der Waals surface area (Å²) in [5, 5.41) is 5.15. The number of amides is 3. The number of benzene rings is 3. The molecule has 33 heavy (non-hydrogen) atoms. The molecule has 8 heteroatoms. The number of para-hydroxylation sites is 1. The molecular formula is C25H19ClFN3O3. The standard InChI is InChI=1S/C25H19ClFN3O3/c1-14-11-15(2)13-18(12-14)30-24(32)21(26)22(25(30)33)28-17-9-7-16(8-10-17)23(31)29-20-6-4-3-5-19(20)27/h3-13,28H,1-2H3,(H,29,31). The molecule has 3 aromatic carbocycles. The second kappa shape index (κ2) is 8.88. The third kappa shape index (κ3) is 4.49. The molecule has 0 radical (unpaired) electrons. The van der Waals surface area contributed by atoms with Crippen LogP contribution in [0, 0.1) is 19.7 Å². The summed E-state index contributed by atoms with van der Waals surface area (Å²) in [5.41, 5.74) is 3.02. The SMILES string of the molecule is Cc1cc(C)cc(N2C(=O)C(Cl)=C(Nc3ccc(C(=O)Nc4ccccc4F)cc3)C2=O)c1. The van der Waals surface area contributed by atoms with Gasteiger partial charge in [0.15, 0.2) is 0 Å². The molecule has 1 heterocycles. The maximum absolute atomic E-state index is 13.8. The van der Waals surface area contributed by atoms with E-state index < -0.39 is 23.5 Å². The average molecular weight is 464 g/mol. The molecule has 0 atom stereocenters. The molecule has 1 aliphatic rings. The monoisotopic (exact) mass is 463 g/mol. The first-order valence-electron chi connectivity index (χ1n) is 10.0. The molecule has 0 aromatic heterocycles. The highest BCUT2D eigenvalue weighted by Crippen LogP contribution is 2.31. The lowest BCUT2D eigenvalue weighted by Gasteiger charge is -2.16. The molecule has 0 spiro atoms. The average Bonchev–Trinajstić information content (AvgIpc) is 2.98. The highest BCUT2D eigenvalue weighted by Gasteiger charge is 2.39. The minimum absolute atomic E-state index is 0.0515. The van der Waals surface area contributed by atoms with Crippen molar-refractivity contribution in [2.75, 3.05) is 15.5 Å². The molecule has 6 nitrogen and oxygen atoms in total. The Hall–Kier alpha value is -3.97. The van der Waals surface area contributed by atoms with Crippen molar-refractivity contribution in [2.45, 2.75) is 13.8 Å². The Morgan fingerprint density at radius 3 is 2.18 bits per heavy atom. The number of imide groups is 1. The number of carbonyl (C=O) groups is 3. The van der Waals surface area contributed by atoms with Crippen molar-refractivity contribution in [3.63, 3.8) is 0 Å². The highest BCUT2D eigenvalue weighted by molar-refractivity contribution is 6.53. The van der Waals surface area contributed by atoms with Crippen molar-refractivity contribution < 1.29 is 18.8 Å². The molecule has 3 amide bonds. The van der Waals surface area contributed by atoms with Crippen LogP contribution in [0.1, 0.15) is 21.5 Å². The highest BCUT2D eigenvalue weighted by atomic mass is 35.5. The van der Waals surface area contributed by atoms with Gasteiger partial charge in [-0.05, 0) is 73.5 Å². The lowest BCUT2D eigenvalue weighted by molar-refractivity contribution is -0.120. The second-order valence-electron chi connectivity index (χ2n) is 7.62. The molecule has 2 N–H and O–H groups in total. The van der Waals surface area contributed by atoms with E-state index in [0.717, 1.165) is 16.0 Å². The number of hydrogen-bond acceptors (Lipinski definition) is 4. The van der Waals surface area contributed by atoms with E-state index in [2.05, 4.69) is 10.6 Å². The first-order valence-corrected chi connectivity index (χ1v) is 10.4. The minimum atomic E-state index is -0.616. The van der Waals surface area contributed by atoms with Crippen LogP contribution in [-0.2, 0) is 9.59 Å². The smallest absolute Gasteiger partial charge is 0.283 e. The zero-order chi connectivity index (χ0) is 23.7. The van der Waals surface area contributed by atoms with E-state index in [1.165, 1.54) is 30.3 Å². The van der Waals surface area contributed by atoms with Gasteiger partial charge in [0.05, 0.1) is 11.4 Å². The van der Waals surface area contributed by atoms with E-state index in [4.69, 9.17) is 11.6 Å². The van der Waals surface area contributed by atoms with E-state index in [-0.39, 0.29) is 22.0 Å². The van der Waals surface area contributed by atoms with Gasteiger partial charge in [-0.25, -0.2) is 9.29 Å². The number of nitrogens with one attached hydrogen (secondary N) is 2. The van der Waals surface area contributed by atoms with Gasteiger partial charge in [0, 0.05) is 11.3 Å². The molecule has 3 aromatic rings. The first kappa shape index (κ1) is 22.2. The van der Waals surface area contributed by atoms with Crippen molar-refractivity contribution >= 4 is 46.4 Å². The van der Waals surface area contributed by atoms with Crippen molar-refractivity contribution in [3.8, 4) is 0 Å². The van der Waals surface area contributed by atoms with Gasteiger partial charge in [-0.1, -0.05) is 29.8 Å². The Labute approximate surface area is 194 Å². The van der Waals surface area contributed by atoms with E-state index in [1.807, 2.05) is 19.9 Å². The summed E-state index contributed by atoms with van der Waals surface area (Å²) in [6, 6.07) is 17.4. The molecule has 1 aliphatic heterocycles. The Bertz CT molecular complexity index is 1300. The molecule has 4 rings (SSSR count). The van der Waals surface area contributed by atoms with E-state index >= 15 is 0 Å². The van der Waals surface area contributed by atoms with Gasteiger partial charge < -0.3 is 10.6 Å². The van der Waals surface area contributed by atoms with Crippen LogP contribution >= 0.6 is 11.6 Å². The second-order valence-corrected chi connectivity index (χ2v) is 7.99. The fourth-order valence-electron chi connectivity index (χ4n) is 3.53. The molecule has 0 saturated heterocycles. The Balaban J connectivity index is 1.50. The summed E-state index contributed by atoms with van der Waals surface area (Å²) in [6.45, 7) is 3.75. The van der Waals surface area contributed by atoms with E-state index in [0.29, 0.717) is 11.4 Å². The third-order valence-corrected chi connectivity index (χ3v) is 5.38. The van der Waals surface area contributed by atoms with Gasteiger partial charge in [0.25, 0.3) is 17.7 Å². The summed E-state index contributed by atoms with van der Waals surface area (Å²) in [4.78, 5) is 39.1. The minimum Gasteiger partial charge on any atom is -0.350 e. The van der Waals surface area contributed by atoms with Gasteiger partial charge in [0.1, 0.15) is 16.5 Å². The Morgan fingerprint density at radius 2 is 1.55 bits per heavy atom. The van der Waals surface area contributed by atoms with Crippen LogP contribution in [0.5, 0.6) is 0 Å². The normalized spacial score (nSPS) is 13.5. The number of carbonyl (C=O) groups excluding carboxylic acids is 3. The van der Waals surface area contributed by atoms with Gasteiger partial charge in [0.2, 0.25) is 0 Å². The van der Waals surface area contributed by atoms with Gasteiger partial charge >= 0.3 is 0 Å². The fourth-order valence-corrected chi connectivity index (χ4v) is 3.74. The summed E-state index contributed by atoms with van der Waals surface area (Å²) in [5.74, 6) is -2.22. The Morgan fingerprint density at radius 1 is 0.909 bits per heavy atom. The number of anilines is 3. The number of halogens is 2.